The molecular weight excluding hydrogens is 921 g/mol. The number of hydrogen-bond acceptors (Lipinski definition) is 16. The molecular formula is C49H40N10O8S2. The Kier molecular flexibility index (Phi) is 13.1. The van der Waals surface area contributed by atoms with Gasteiger partial charge in [0.2, 0.25) is 0 Å². The van der Waals surface area contributed by atoms with Gasteiger partial charge in [0.25, 0.3) is 20.2 Å². The molecule has 0 aliphatic rings. The molecule has 8 aromatic rings. The molecule has 0 bridgehead atoms. The molecule has 18 nitrogen and oxygen atoms in total. The molecule has 20 heteroatoms. The predicted molar refractivity (Wildman–Crippen MR) is 261 cm³/mol. The zero-order valence-electron chi connectivity index (χ0n) is 37.3. The van der Waals surface area contributed by atoms with E-state index in [0.717, 1.165) is 40.3 Å². The number of fused-ring (bicyclic) bond motifs is 2. The molecule has 0 fully saturated rings. The van der Waals surface area contributed by atoms with E-state index in [2.05, 4.69) is 51.1 Å². The van der Waals surface area contributed by atoms with Crippen molar-refractivity contribution in [1.82, 2.24) is 0 Å². The minimum absolute atomic E-state index is 0.0145. The second-order valence-corrected chi connectivity index (χ2v) is 18.7. The Morgan fingerprint density at radius 3 is 1.36 bits per heavy atom. The molecule has 8 rings (SSSR count). The highest BCUT2D eigenvalue weighted by Gasteiger charge is 2.21. The number of phenols is 2. The first-order valence-electron chi connectivity index (χ1n) is 20.8. The monoisotopic (exact) mass is 960 g/mol. The summed E-state index contributed by atoms with van der Waals surface area (Å²) in [6.45, 7) is 9.15. The van der Waals surface area contributed by atoms with Crippen LogP contribution in [0.4, 0.5) is 56.9 Å². The number of nitrogens with zero attached hydrogens (tertiary/aromatic N) is 10. The molecule has 0 aromatic heterocycles. The Labute approximate surface area is 395 Å². The fourth-order valence-corrected chi connectivity index (χ4v) is 8.44. The minimum Gasteiger partial charge on any atom is -0.508 e. The predicted octanol–water partition coefficient (Wildman–Crippen LogP) is 15.5. The summed E-state index contributed by atoms with van der Waals surface area (Å²) in [6, 6.07) is 33.8. The first-order valence-corrected chi connectivity index (χ1v) is 23.7. The van der Waals surface area contributed by atoms with E-state index in [9.17, 15) is 36.2 Å². The Morgan fingerprint density at radius 1 is 0.348 bits per heavy atom. The van der Waals surface area contributed by atoms with Crippen molar-refractivity contribution in [2.75, 3.05) is 0 Å². The fraction of sp³-hybridized carbons (Fsp3) is 0.102. The van der Waals surface area contributed by atoms with E-state index < -0.39 is 30.0 Å². The maximum Gasteiger partial charge on any atom is 0.296 e. The highest BCUT2D eigenvalue weighted by atomic mass is 32.2. The van der Waals surface area contributed by atoms with E-state index in [1.54, 1.807) is 86.6 Å². The van der Waals surface area contributed by atoms with Gasteiger partial charge in [-0.2, -0.15) is 57.7 Å². The van der Waals surface area contributed by atoms with Crippen molar-refractivity contribution in [2.24, 2.45) is 51.1 Å². The van der Waals surface area contributed by atoms with Crippen LogP contribution < -0.4 is 0 Å². The van der Waals surface area contributed by atoms with Crippen molar-refractivity contribution in [3.05, 3.63) is 155 Å². The lowest BCUT2D eigenvalue weighted by Gasteiger charge is -2.08. The number of phenolic OH excluding ortho intramolecular Hbond substituents is 2. The third-order valence-electron chi connectivity index (χ3n) is 10.8. The second kappa shape index (κ2) is 19.1. The summed E-state index contributed by atoms with van der Waals surface area (Å²) in [5.74, 6) is 0.167. The Morgan fingerprint density at radius 2 is 0.783 bits per heavy atom. The standard InChI is InChI=1S/C49H40N10O8S2/c1-27-19-35(11-16-40(27)54-52-34-12-17-41(28(2)20-34)55-59-45-26-39-32(25-48(45)69(65,66)67)7-6-8-47(39)68(62,63)64)53-57-43-22-30(4)44(23-29(43)3)58-56-42-15-9-33-24-37(10-14-38(33)49(42)61)51-50-36-13-18-46(60)31(5)21-36/h6-26,60-61H,1-5H3,(H,62,63,64)(H,65,66,67). The summed E-state index contributed by atoms with van der Waals surface area (Å²) >= 11 is 0. The van der Waals surface area contributed by atoms with Crippen molar-refractivity contribution in [3.8, 4) is 11.5 Å². The molecule has 0 unspecified atom stereocenters. The lowest BCUT2D eigenvalue weighted by atomic mass is 10.1. The highest BCUT2D eigenvalue weighted by Crippen LogP contribution is 2.40. The second-order valence-electron chi connectivity index (χ2n) is 15.9. The van der Waals surface area contributed by atoms with Crippen LogP contribution in [0.25, 0.3) is 21.5 Å². The maximum atomic E-state index is 12.2. The van der Waals surface area contributed by atoms with Crippen LogP contribution in [0.5, 0.6) is 11.5 Å². The Hall–Kier alpha value is -8.30. The van der Waals surface area contributed by atoms with E-state index in [4.69, 9.17) is 0 Å². The van der Waals surface area contributed by atoms with Crippen LogP contribution >= 0.6 is 0 Å². The zero-order valence-corrected chi connectivity index (χ0v) is 39.0. The topological polar surface area (TPSA) is 273 Å². The third kappa shape index (κ3) is 10.8. The van der Waals surface area contributed by atoms with Crippen LogP contribution in [0.3, 0.4) is 0 Å². The summed E-state index contributed by atoms with van der Waals surface area (Å²) in [6.07, 6.45) is 0. The average Bonchev–Trinajstić information content (AvgIpc) is 3.30. The van der Waals surface area contributed by atoms with E-state index in [1.165, 1.54) is 12.1 Å². The first kappa shape index (κ1) is 47.2. The Bertz CT molecular complexity index is 3780. The molecule has 0 radical (unpaired) electrons. The maximum absolute atomic E-state index is 12.2. The molecule has 0 heterocycles. The van der Waals surface area contributed by atoms with Crippen LogP contribution in [0.2, 0.25) is 0 Å². The molecule has 4 N–H and O–H groups in total. The number of azo groups is 5. The summed E-state index contributed by atoms with van der Waals surface area (Å²) in [7, 11) is -9.47. The summed E-state index contributed by atoms with van der Waals surface area (Å²) in [4.78, 5) is -1.06. The third-order valence-corrected chi connectivity index (χ3v) is 12.6. The van der Waals surface area contributed by atoms with Gasteiger partial charge >= 0.3 is 0 Å². The summed E-state index contributed by atoms with van der Waals surface area (Å²) < 4.78 is 68.0. The van der Waals surface area contributed by atoms with Gasteiger partial charge in [-0.25, -0.2) is 0 Å². The van der Waals surface area contributed by atoms with Crippen LogP contribution in [0.15, 0.2) is 188 Å². The minimum atomic E-state index is -4.80. The molecule has 0 saturated carbocycles. The zero-order chi connectivity index (χ0) is 49.2. The molecule has 346 valence electrons. The largest absolute Gasteiger partial charge is 0.508 e. The van der Waals surface area contributed by atoms with Gasteiger partial charge in [-0.1, -0.05) is 18.2 Å². The Balaban J connectivity index is 0.926. The van der Waals surface area contributed by atoms with Crippen molar-refractivity contribution in [2.45, 2.75) is 44.4 Å². The van der Waals surface area contributed by atoms with E-state index in [1.807, 2.05) is 45.0 Å². The molecule has 0 amide bonds. The smallest absolute Gasteiger partial charge is 0.296 e. The van der Waals surface area contributed by atoms with E-state index >= 15 is 0 Å². The van der Waals surface area contributed by atoms with Gasteiger partial charge in [0.15, 0.2) is 5.75 Å². The quantitative estimate of drug-likeness (QED) is 0.0673. The van der Waals surface area contributed by atoms with Crippen LogP contribution in [0, 0.1) is 34.6 Å². The normalized spacial score (nSPS) is 12.6. The lowest BCUT2D eigenvalue weighted by molar-refractivity contribution is 0.471. The van der Waals surface area contributed by atoms with Crippen LogP contribution in [0.1, 0.15) is 27.8 Å². The van der Waals surface area contributed by atoms with Crippen molar-refractivity contribution in [3.63, 3.8) is 0 Å². The molecule has 0 spiro atoms. The molecule has 0 aliphatic heterocycles. The number of benzene rings is 8. The highest BCUT2D eigenvalue weighted by molar-refractivity contribution is 7.86. The van der Waals surface area contributed by atoms with Crippen LogP contribution in [-0.4, -0.2) is 36.2 Å². The summed E-state index contributed by atoms with van der Waals surface area (Å²) in [5.41, 5.74) is 8.05. The fourth-order valence-electron chi connectivity index (χ4n) is 7.09. The number of aryl methyl sites for hydroxylation is 5. The average molecular weight is 961 g/mol. The van der Waals surface area contributed by atoms with E-state index in [-0.39, 0.29) is 28.0 Å². The van der Waals surface area contributed by atoms with E-state index in [0.29, 0.717) is 67.7 Å². The number of hydrogen-bond donors (Lipinski definition) is 4. The van der Waals surface area contributed by atoms with Crippen molar-refractivity contribution < 1.29 is 36.2 Å². The van der Waals surface area contributed by atoms with Crippen LogP contribution in [-0.2, 0) is 20.2 Å². The van der Waals surface area contributed by atoms with Gasteiger partial charge in [0.05, 0.1) is 45.5 Å². The van der Waals surface area contributed by atoms with Crippen molar-refractivity contribution >= 4 is 98.7 Å². The lowest BCUT2D eigenvalue weighted by Crippen LogP contribution is -2.01. The summed E-state index contributed by atoms with van der Waals surface area (Å²) in [5, 5.41) is 65.5. The molecule has 0 atom stereocenters. The molecule has 8 aromatic carbocycles. The first-order chi connectivity index (χ1) is 32.8. The van der Waals surface area contributed by atoms with Gasteiger partial charge < -0.3 is 10.2 Å². The van der Waals surface area contributed by atoms with Gasteiger partial charge in [0.1, 0.15) is 26.9 Å². The molecule has 0 aliphatic carbocycles. The molecule has 0 saturated heterocycles. The van der Waals surface area contributed by atoms with Gasteiger partial charge in [0, 0.05) is 10.8 Å². The molecule has 69 heavy (non-hydrogen) atoms. The van der Waals surface area contributed by atoms with Gasteiger partial charge in [-0.15, -0.1) is 10.2 Å². The SMILES string of the molecule is Cc1cc(N=Nc2ccc3c(O)c(N=Nc4cc(C)c(N=Nc5ccc(N=Nc6ccc(N=Nc7cc8c(S(=O)(=O)O)cccc8cc7S(=O)(=O)O)c(C)c6)c(C)c5)cc4C)ccc3c2)ccc1O. The van der Waals surface area contributed by atoms with Gasteiger partial charge in [-0.3, -0.25) is 9.11 Å². The van der Waals surface area contributed by atoms with Crippen molar-refractivity contribution in [1.29, 1.82) is 0 Å². The van der Waals surface area contributed by atoms with Gasteiger partial charge in [-0.05, 0) is 182 Å². The number of aromatic hydroxyl groups is 2. The number of rotatable bonds is 12.